The van der Waals surface area contributed by atoms with Crippen LogP contribution < -0.4 is 9.62 Å². The molecule has 0 unspecified atom stereocenters. The Labute approximate surface area is 231 Å². The highest BCUT2D eigenvalue weighted by Gasteiger charge is 2.38. The summed E-state index contributed by atoms with van der Waals surface area (Å²) in [5.74, 6) is -0.0735. The monoisotopic (exact) mass is 559 g/mol. The summed E-state index contributed by atoms with van der Waals surface area (Å²) in [6.07, 6.45) is 7.38. The maximum atomic E-state index is 13.5. The number of anilines is 1. The molecule has 2 N–H and O–H groups in total. The normalized spacial score (nSPS) is 16.0. The average molecular weight is 560 g/mol. The number of hydrogen-bond acceptors (Lipinski definition) is 6. The van der Waals surface area contributed by atoms with Crippen LogP contribution in [0, 0.1) is 21.4 Å². The third kappa shape index (κ3) is 7.29. The number of benzene rings is 2. The first-order chi connectivity index (χ1) is 18.4. The number of phenols is 1. The zero-order valence-corrected chi connectivity index (χ0v) is 24.2. The molecule has 1 atom stereocenters. The van der Waals surface area contributed by atoms with Gasteiger partial charge in [0.2, 0.25) is 5.91 Å². The van der Waals surface area contributed by atoms with Gasteiger partial charge in [-0.25, -0.2) is 8.42 Å². The van der Waals surface area contributed by atoms with Gasteiger partial charge in [0.25, 0.3) is 15.7 Å². The lowest BCUT2D eigenvalue weighted by molar-refractivity contribution is -0.384. The largest absolute Gasteiger partial charge is 0.506 e. The standard InChI is InChI=1S/C29H41N3O6S/c1-5-29(17-7-6-8-18-29)28(34)30-22(4)9-10-23-11-16-26(27(33)19-23)31(20-21(2)3)39(37,38)25-14-12-24(13-15-25)32(35)36/h11-16,19,21-22,33H,5-10,17-18,20H2,1-4H3,(H,30,34)/t22-/m0/s1. The molecule has 39 heavy (non-hydrogen) atoms. The van der Waals surface area contributed by atoms with Crippen molar-refractivity contribution in [3.05, 3.63) is 58.1 Å². The van der Waals surface area contributed by atoms with E-state index in [1.54, 1.807) is 18.2 Å². The van der Waals surface area contributed by atoms with E-state index in [1.807, 2.05) is 20.8 Å². The molecule has 1 aliphatic rings. The number of carbonyl (C=O) groups excluding carboxylic acids is 1. The van der Waals surface area contributed by atoms with E-state index in [2.05, 4.69) is 12.2 Å². The fourth-order valence-electron chi connectivity index (χ4n) is 5.26. The van der Waals surface area contributed by atoms with Crippen LogP contribution in [-0.2, 0) is 21.2 Å². The van der Waals surface area contributed by atoms with Crippen LogP contribution in [0.2, 0.25) is 0 Å². The molecule has 9 nitrogen and oxygen atoms in total. The molecule has 0 aromatic heterocycles. The molecular formula is C29H41N3O6S. The number of nitro groups is 1. The minimum Gasteiger partial charge on any atom is -0.506 e. The van der Waals surface area contributed by atoms with E-state index in [4.69, 9.17) is 0 Å². The van der Waals surface area contributed by atoms with Crippen LogP contribution in [0.5, 0.6) is 5.75 Å². The number of nitro benzene ring substituents is 1. The van der Waals surface area contributed by atoms with Crippen molar-refractivity contribution in [1.82, 2.24) is 5.32 Å². The number of carbonyl (C=O) groups is 1. The Kier molecular flexibility index (Phi) is 9.98. The maximum absolute atomic E-state index is 13.5. The Morgan fingerprint density at radius 1 is 1.10 bits per heavy atom. The van der Waals surface area contributed by atoms with E-state index in [1.165, 1.54) is 18.6 Å². The molecule has 3 rings (SSSR count). The Morgan fingerprint density at radius 2 is 1.74 bits per heavy atom. The third-order valence-electron chi connectivity index (χ3n) is 7.69. The smallest absolute Gasteiger partial charge is 0.269 e. The molecule has 1 fully saturated rings. The molecule has 0 heterocycles. The van der Waals surface area contributed by atoms with Crippen LogP contribution in [0.25, 0.3) is 0 Å². The highest BCUT2D eigenvalue weighted by atomic mass is 32.2. The highest BCUT2D eigenvalue weighted by molar-refractivity contribution is 7.92. The van der Waals surface area contributed by atoms with Crippen molar-refractivity contribution < 1.29 is 23.2 Å². The molecule has 1 saturated carbocycles. The van der Waals surface area contributed by atoms with Gasteiger partial charge in [-0.3, -0.25) is 19.2 Å². The SMILES string of the molecule is CCC1(C(=O)N[C@@H](C)CCc2ccc(N(CC(C)C)S(=O)(=O)c3ccc([N+](=O)[O-])cc3)c(O)c2)CCCCC1. The average Bonchev–Trinajstić information content (AvgIpc) is 2.91. The van der Waals surface area contributed by atoms with Gasteiger partial charge < -0.3 is 10.4 Å². The quantitative estimate of drug-likeness (QED) is 0.244. The van der Waals surface area contributed by atoms with E-state index in [9.17, 15) is 28.4 Å². The van der Waals surface area contributed by atoms with Crippen molar-refractivity contribution in [3.8, 4) is 5.75 Å². The number of aryl methyl sites for hydroxylation is 1. The van der Waals surface area contributed by atoms with Crippen LogP contribution in [0.1, 0.15) is 78.2 Å². The number of sulfonamides is 1. The number of rotatable bonds is 12. The zero-order valence-electron chi connectivity index (χ0n) is 23.4. The van der Waals surface area contributed by atoms with Crippen molar-refractivity contribution in [1.29, 1.82) is 0 Å². The first-order valence-corrected chi connectivity index (χ1v) is 15.2. The summed E-state index contributed by atoms with van der Waals surface area (Å²) < 4.78 is 28.1. The van der Waals surface area contributed by atoms with Gasteiger partial charge in [-0.2, -0.15) is 0 Å². The first kappa shape index (κ1) is 30.4. The van der Waals surface area contributed by atoms with Crippen molar-refractivity contribution >= 4 is 27.3 Å². The lowest BCUT2D eigenvalue weighted by Crippen LogP contribution is -2.45. The zero-order chi connectivity index (χ0) is 28.8. The van der Waals surface area contributed by atoms with E-state index >= 15 is 0 Å². The number of hydrogen-bond donors (Lipinski definition) is 2. The Balaban J connectivity index is 1.73. The lowest BCUT2D eigenvalue weighted by Gasteiger charge is -2.36. The molecule has 2 aromatic rings. The summed E-state index contributed by atoms with van der Waals surface area (Å²) in [5, 5.41) is 25.1. The summed E-state index contributed by atoms with van der Waals surface area (Å²) in [6, 6.07) is 9.63. The number of nitrogens with one attached hydrogen (secondary N) is 1. The minimum atomic E-state index is -4.08. The number of phenolic OH excluding ortho intramolecular Hbond substituents is 1. The minimum absolute atomic E-state index is 0.0374. The third-order valence-corrected chi connectivity index (χ3v) is 9.48. The molecule has 0 bridgehead atoms. The van der Waals surface area contributed by atoms with Crippen molar-refractivity contribution in [2.75, 3.05) is 10.8 Å². The van der Waals surface area contributed by atoms with E-state index in [0.717, 1.165) is 54.1 Å². The topological polar surface area (TPSA) is 130 Å². The molecule has 0 radical (unpaired) electrons. The second-order valence-corrected chi connectivity index (χ2v) is 13.0. The molecule has 0 spiro atoms. The first-order valence-electron chi connectivity index (χ1n) is 13.8. The summed E-state index contributed by atoms with van der Waals surface area (Å²) in [5.41, 5.74) is 0.513. The molecular weight excluding hydrogens is 518 g/mol. The lowest BCUT2D eigenvalue weighted by atomic mass is 9.71. The fourth-order valence-corrected chi connectivity index (χ4v) is 6.90. The predicted octanol–water partition coefficient (Wildman–Crippen LogP) is 5.95. The van der Waals surface area contributed by atoms with Gasteiger partial charge in [-0.15, -0.1) is 0 Å². The molecule has 10 heteroatoms. The highest BCUT2D eigenvalue weighted by Crippen LogP contribution is 2.39. The van der Waals surface area contributed by atoms with Crippen LogP contribution in [0.4, 0.5) is 11.4 Å². The molecule has 0 aliphatic heterocycles. The Hall–Kier alpha value is -3.14. The summed E-state index contributed by atoms with van der Waals surface area (Å²) >= 11 is 0. The maximum Gasteiger partial charge on any atom is 0.269 e. The van der Waals surface area contributed by atoms with Crippen LogP contribution in [0.15, 0.2) is 47.4 Å². The summed E-state index contributed by atoms with van der Waals surface area (Å²) in [7, 11) is -4.08. The van der Waals surface area contributed by atoms with Gasteiger partial charge >= 0.3 is 0 Å². The molecule has 1 amide bonds. The van der Waals surface area contributed by atoms with Crippen LogP contribution in [-0.4, -0.2) is 36.9 Å². The summed E-state index contributed by atoms with van der Waals surface area (Å²) in [6.45, 7) is 7.93. The van der Waals surface area contributed by atoms with Crippen LogP contribution >= 0.6 is 0 Å². The van der Waals surface area contributed by atoms with Gasteiger partial charge in [0.1, 0.15) is 5.75 Å². The predicted molar refractivity (Wildman–Crippen MR) is 152 cm³/mol. The molecule has 0 saturated heterocycles. The van der Waals surface area contributed by atoms with Gasteiger partial charge in [0.05, 0.1) is 15.5 Å². The number of amides is 1. The fraction of sp³-hybridized carbons (Fsp3) is 0.552. The number of nitrogens with zero attached hydrogens (tertiary/aromatic N) is 2. The van der Waals surface area contributed by atoms with Gasteiger partial charge in [-0.1, -0.05) is 46.1 Å². The second-order valence-electron chi connectivity index (χ2n) is 11.1. The van der Waals surface area contributed by atoms with E-state index in [-0.39, 0.29) is 51.8 Å². The number of non-ortho nitro benzene ring substituents is 1. The number of aromatic hydroxyl groups is 1. The van der Waals surface area contributed by atoms with Gasteiger partial charge in [0.15, 0.2) is 0 Å². The van der Waals surface area contributed by atoms with Crippen molar-refractivity contribution in [3.63, 3.8) is 0 Å². The van der Waals surface area contributed by atoms with Crippen molar-refractivity contribution in [2.45, 2.75) is 90.0 Å². The molecule has 1 aliphatic carbocycles. The van der Waals surface area contributed by atoms with Gasteiger partial charge in [0, 0.05) is 30.1 Å². The molecule has 214 valence electrons. The van der Waals surface area contributed by atoms with Crippen molar-refractivity contribution in [2.24, 2.45) is 11.3 Å². The Bertz CT molecular complexity index is 1250. The molecule has 2 aromatic carbocycles. The van der Waals surface area contributed by atoms with E-state index < -0.39 is 14.9 Å². The van der Waals surface area contributed by atoms with E-state index in [0.29, 0.717) is 12.8 Å². The van der Waals surface area contributed by atoms with Crippen LogP contribution in [0.3, 0.4) is 0 Å². The second kappa shape index (κ2) is 12.8. The summed E-state index contributed by atoms with van der Waals surface area (Å²) in [4.78, 5) is 23.4. The Morgan fingerprint density at radius 3 is 2.28 bits per heavy atom. The van der Waals surface area contributed by atoms with Gasteiger partial charge in [-0.05, 0) is 74.8 Å².